The van der Waals surface area contributed by atoms with Crippen LogP contribution in [-0.2, 0) is 0 Å². The lowest BCUT2D eigenvalue weighted by atomic mass is 9.93. The lowest BCUT2D eigenvalue weighted by Crippen LogP contribution is -2.01. The first-order valence-electron chi connectivity index (χ1n) is 20.8. The quantitative estimate of drug-likeness (QED) is 0.174. The van der Waals surface area contributed by atoms with Crippen molar-refractivity contribution in [3.63, 3.8) is 0 Å². The molecule has 0 saturated carbocycles. The molecule has 62 heavy (non-hydrogen) atoms. The molecule has 0 fully saturated rings. The highest BCUT2D eigenvalue weighted by Gasteiger charge is 2.19. The minimum absolute atomic E-state index is 0.602. The molecule has 5 nitrogen and oxygen atoms in total. The van der Waals surface area contributed by atoms with Gasteiger partial charge in [-0.15, -0.1) is 0 Å². The summed E-state index contributed by atoms with van der Waals surface area (Å²) < 4.78 is 12.6. The van der Waals surface area contributed by atoms with Crippen molar-refractivity contribution in [1.29, 1.82) is 0 Å². The fraction of sp³-hybridized carbons (Fsp3) is 0. The average molecular weight is 792 g/mol. The van der Waals surface area contributed by atoms with Crippen molar-refractivity contribution < 1.29 is 8.83 Å². The summed E-state index contributed by atoms with van der Waals surface area (Å²) >= 11 is 0. The number of aromatic nitrogens is 3. The number of furan rings is 2. The largest absolute Gasteiger partial charge is 0.456 e. The molecule has 0 saturated heterocycles. The lowest BCUT2D eigenvalue weighted by Gasteiger charge is -2.13. The zero-order valence-corrected chi connectivity index (χ0v) is 33.2. The van der Waals surface area contributed by atoms with E-state index >= 15 is 0 Å². The fourth-order valence-corrected chi connectivity index (χ4v) is 9.38. The second-order valence-electron chi connectivity index (χ2n) is 15.9. The van der Waals surface area contributed by atoms with E-state index in [0.29, 0.717) is 17.5 Å². The Morgan fingerprint density at radius 2 is 0.774 bits per heavy atom. The van der Waals surface area contributed by atoms with Gasteiger partial charge >= 0.3 is 0 Å². The first-order chi connectivity index (χ1) is 30.7. The Labute approximate surface area is 355 Å². The third-order valence-corrected chi connectivity index (χ3v) is 12.3. The molecule has 0 spiro atoms. The second kappa shape index (κ2) is 13.6. The summed E-state index contributed by atoms with van der Waals surface area (Å²) in [6, 6.07) is 69.9. The minimum atomic E-state index is 0.602. The third kappa shape index (κ3) is 5.45. The van der Waals surface area contributed by atoms with Crippen LogP contribution in [0.3, 0.4) is 0 Å². The second-order valence-corrected chi connectivity index (χ2v) is 15.9. The maximum Gasteiger partial charge on any atom is 0.164 e. The molecule has 0 amide bonds. The van der Waals surface area contributed by atoms with Crippen molar-refractivity contribution in [2.24, 2.45) is 0 Å². The molecule has 0 unspecified atom stereocenters. The van der Waals surface area contributed by atoms with Crippen LogP contribution in [0, 0.1) is 0 Å². The molecule has 0 aliphatic carbocycles. The summed E-state index contributed by atoms with van der Waals surface area (Å²) in [6.07, 6.45) is 0. The Balaban J connectivity index is 1.02. The van der Waals surface area contributed by atoms with Crippen molar-refractivity contribution in [2.75, 3.05) is 0 Å². The predicted octanol–water partition coefficient (Wildman–Crippen LogP) is 15.5. The zero-order valence-electron chi connectivity index (χ0n) is 33.2. The van der Waals surface area contributed by atoms with E-state index in [1.165, 1.54) is 5.56 Å². The number of para-hydroxylation sites is 2. The predicted molar refractivity (Wildman–Crippen MR) is 254 cm³/mol. The van der Waals surface area contributed by atoms with E-state index in [9.17, 15) is 0 Å². The number of rotatable bonds is 5. The zero-order chi connectivity index (χ0) is 40.7. The summed E-state index contributed by atoms with van der Waals surface area (Å²) in [5.74, 6) is 1.82. The topological polar surface area (TPSA) is 65.0 Å². The number of benzene rings is 10. The van der Waals surface area contributed by atoms with E-state index in [4.69, 9.17) is 23.8 Å². The van der Waals surface area contributed by atoms with Crippen LogP contribution in [0.15, 0.2) is 209 Å². The summed E-state index contributed by atoms with van der Waals surface area (Å²) in [5.41, 5.74) is 10.8. The maximum atomic E-state index is 6.32. The monoisotopic (exact) mass is 791 g/mol. The van der Waals surface area contributed by atoms with Crippen LogP contribution >= 0.6 is 0 Å². The molecule has 0 aliphatic rings. The number of hydrogen-bond donors (Lipinski definition) is 0. The first-order valence-corrected chi connectivity index (χ1v) is 20.8. The van der Waals surface area contributed by atoms with Gasteiger partial charge < -0.3 is 8.83 Å². The highest BCUT2D eigenvalue weighted by atomic mass is 16.3. The smallest absolute Gasteiger partial charge is 0.164 e. The SMILES string of the molecule is c1ccc(-c2ccc3ccc(-c4nc(-c5ccc6c(ccc7oc8ccccc8c76)c5)nc(-c5cccc6c(-c7cccc8oc9ccccc9c78)cccc56)n4)cc3c2)cc1. The molecule has 3 aromatic heterocycles. The maximum absolute atomic E-state index is 6.32. The van der Waals surface area contributed by atoms with E-state index in [0.717, 1.165) is 110 Å². The van der Waals surface area contributed by atoms with Crippen molar-refractivity contribution in [2.45, 2.75) is 0 Å². The summed E-state index contributed by atoms with van der Waals surface area (Å²) in [6.45, 7) is 0. The van der Waals surface area contributed by atoms with E-state index in [1.54, 1.807) is 0 Å². The van der Waals surface area contributed by atoms with Gasteiger partial charge in [-0.25, -0.2) is 15.0 Å². The molecular weight excluding hydrogens is 759 g/mol. The van der Waals surface area contributed by atoms with Gasteiger partial charge in [0.05, 0.1) is 0 Å². The Hall–Kier alpha value is -8.41. The molecule has 5 heteroatoms. The molecule has 13 rings (SSSR count). The average Bonchev–Trinajstić information content (AvgIpc) is 3.92. The number of hydrogen-bond acceptors (Lipinski definition) is 5. The number of fused-ring (bicyclic) bond motifs is 10. The Kier molecular flexibility index (Phi) is 7.54. The third-order valence-electron chi connectivity index (χ3n) is 12.3. The van der Waals surface area contributed by atoms with Crippen molar-refractivity contribution in [3.8, 4) is 56.4 Å². The van der Waals surface area contributed by atoms with Gasteiger partial charge in [0.2, 0.25) is 0 Å². The fourth-order valence-electron chi connectivity index (χ4n) is 9.38. The summed E-state index contributed by atoms with van der Waals surface area (Å²) in [4.78, 5) is 15.9. The van der Waals surface area contributed by atoms with Crippen LogP contribution in [0.1, 0.15) is 0 Å². The molecule has 3 heterocycles. The highest BCUT2D eigenvalue weighted by Crippen LogP contribution is 2.42. The minimum Gasteiger partial charge on any atom is -0.456 e. The van der Waals surface area contributed by atoms with Gasteiger partial charge in [0.25, 0.3) is 0 Å². The van der Waals surface area contributed by atoms with Gasteiger partial charge in [0.1, 0.15) is 22.3 Å². The standard InChI is InChI=1S/C57H33N3O2/c1-2-11-34(12-3-1)36-25-23-35-24-26-38(33-40(35)31-36)55-58-56(39-27-29-41-37(32-39)28-30-52-53(41)47-13-4-6-20-49(47)62-52)60-57(59-55)46-19-9-15-42-43(16-8-17-44(42)46)45-18-10-22-51-54(45)48-14-5-7-21-50(48)61-51/h1-33H. The van der Waals surface area contributed by atoms with E-state index < -0.39 is 0 Å². The van der Waals surface area contributed by atoms with Crippen LogP contribution in [0.4, 0.5) is 0 Å². The Morgan fingerprint density at radius 3 is 1.55 bits per heavy atom. The molecule has 0 N–H and O–H groups in total. The molecule has 13 aromatic rings. The van der Waals surface area contributed by atoms with E-state index in [-0.39, 0.29) is 0 Å². The molecule has 0 aliphatic heterocycles. The van der Waals surface area contributed by atoms with E-state index in [1.807, 2.05) is 36.4 Å². The molecule has 10 aromatic carbocycles. The van der Waals surface area contributed by atoms with Crippen LogP contribution in [0.25, 0.3) is 133 Å². The van der Waals surface area contributed by atoms with Gasteiger partial charge in [-0.2, -0.15) is 0 Å². The van der Waals surface area contributed by atoms with Crippen LogP contribution in [0.5, 0.6) is 0 Å². The molecule has 0 atom stereocenters. The van der Waals surface area contributed by atoms with Crippen LogP contribution in [0.2, 0.25) is 0 Å². The van der Waals surface area contributed by atoms with Crippen molar-refractivity contribution in [3.05, 3.63) is 200 Å². The highest BCUT2D eigenvalue weighted by molar-refractivity contribution is 6.19. The van der Waals surface area contributed by atoms with Gasteiger partial charge in [-0.1, -0.05) is 158 Å². The van der Waals surface area contributed by atoms with Crippen LogP contribution < -0.4 is 0 Å². The van der Waals surface area contributed by atoms with Crippen molar-refractivity contribution >= 4 is 76.2 Å². The van der Waals surface area contributed by atoms with Crippen LogP contribution in [-0.4, -0.2) is 15.0 Å². The molecule has 0 radical (unpaired) electrons. The van der Waals surface area contributed by atoms with Crippen molar-refractivity contribution in [1.82, 2.24) is 15.0 Å². The Morgan fingerprint density at radius 1 is 0.258 bits per heavy atom. The molecule has 288 valence electrons. The van der Waals surface area contributed by atoms with Gasteiger partial charge in [0.15, 0.2) is 17.5 Å². The van der Waals surface area contributed by atoms with E-state index in [2.05, 4.69) is 164 Å². The summed E-state index contributed by atoms with van der Waals surface area (Å²) in [7, 11) is 0. The lowest BCUT2D eigenvalue weighted by molar-refractivity contribution is 0.668. The first kappa shape index (κ1) is 34.5. The number of nitrogens with zero attached hydrogens (tertiary/aromatic N) is 3. The summed E-state index contributed by atoms with van der Waals surface area (Å²) in [5, 5.41) is 11.0. The van der Waals surface area contributed by atoms with Gasteiger partial charge in [0, 0.05) is 38.2 Å². The normalized spacial score (nSPS) is 11.9. The Bertz CT molecular complexity index is 3940. The van der Waals surface area contributed by atoms with Gasteiger partial charge in [-0.05, 0) is 97.0 Å². The molecular formula is C57H33N3O2. The van der Waals surface area contributed by atoms with Gasteiger partial charge in [-0.3, -0.25) is 0 Å². The molecule has 0 bridgehead atoms.